The molecule has 0 atom stereocenters. The second kappa shape index (κ2) is 6.52. The molecule has 0 aliphatic heterocycles. The summed E-state index contributed by atoms with van der Waals surface area (Å²) >= 11 is 1.71. The lowest BCUT2D eigenvalue weighted by molar-refractivity contribution is 1.23. The molecule has 0 bridgehead atoms. The molecule has 0 saturated carbocycles. The maximum absolute atomic E-state index is 9.46. The zero-order valence-corrected chi connectivity index (χ0v) is 17.9. The molecule has 0 radical (unpaired) electrons. The minimum Gasteiger partial charge on any atom is -0.343 e. The van der Waals surface area contributed by atoms with Crippen LogP contribution in [0.2, 0.25) is 19.6 Å². The Morgan fingerprint density at radius 1 is 0.852 bits per heavy atom. The summed E-state index contributed by atoms with van der Waals surface area (Å²) in [5, 5.41) is 13.3. The molecule has 0 unspecified atom stereocenters. The zero-order valence-electron chi connectivity index (χ0n) is 16.1. The summed E-state index contributed by atoms with van der Waals surface area (Å²) in [6.45, 7) is 7.11. The number of nitriles is 1. The third-order valence-corrected chi connectivity index (χ3v) is 8.45. The van der Waals surface area contributed by atoms with E-state index < -0.39 is 8.07 Å². The van der Waals surface area contributed by atoms with Gasteiger partial charge in [-0.15, -0.1) is 11.3 Å². The normalized spacial score (nSPS) is 11.7. The largest absolute Gasteiger partial charge is 0.343 e. The van der Waals surface area contributed by atoms with Crippen LogP contribution in [0, 0.1) is 11.3 Å². The molecule has 4 rings (SSSR count). The van der Waals surface area contributed by atoms with Crippen LogP contribution in [0.15, 0.2) is 60.7 Å². The monoisotopic (exact) mass is 386 g/mol. The maximum Gasteiger partial charge on any atom is 0.101 e. The van der Waals surface area contributed by atoms with Crippen molar-refractivity contribution < 1.29 is 0 Å². The number of anilines is 2. The van der Waals surface area contributed by atoms with Crippen molar-refractivity contribution in [3.8, 4) is 6.07 Å². The molecule has 0 fully saturated rings. The van der Waals surface area contributed by atoms with Gasteiger partial charge < -0.3 is 4.90 Å². The van der Waals surface area contributed by atoms with E-state index in [1.54, 1.807) is 11.3 Å². The summed E-state index contributed by atoms with van der Waals surface area (Å²) < 4.78 is 2.30. The van der Waals surface area contributed by atoms with E-state index in [1.807, 2.05) is 12.1 Å². The van der Waals surface area contributed by atoms with Crippen molar-refractivity contribution in [3.63, 3.8) is 0 Å². The van der Waals surface area contributed by atoms with Crippen molar-refractivity contribution in [2.45, 2.75) is 19.6 Å². The zero-order chi connectivity index (χ0) is 19.2. The van der Waals surface area contributed by atoms with E-state index in [4.69, 9.17) is 0 Å². The van der Waals surface area contributed by atoms with Gasteiger partial charge in [-0.05, 0) is 24.3 Å². The van der Waals surface area contributed by atoms with Crippen LogP contribution in [-0.4, -0.2) is 15.1 Å². The maximum atomic E-state index is 9.46. The summed E-state index contributed by atoms with van der Waals surface area (Å²) in [5.41, 5.74) is 3.11. The molecular formula is C23H22N2SSi. The molecule has 4 aromatic rings. The van der Waals surface area contributed by atoms with Crippen LogP contribution in [0.1, 0.15) is 5.56 Å². The van der Waals surface area contributed by atoms with Gasteiger partial charge in [-0.2, -0.15) is 5.26 Å². The van der Waals surface area contributed by atoms with Gasteiger partial charge in [0.25, 0.3) is 0 Å². The van der Waals surface area contributed by atoms with E-state index in [0.29, 0.717) is 0 Å². The van der Waals surface area contributed by atoms with E-state index >= 15 is 0 Å². The predicted octanol–water partition coefficient (Wildman–Crippen LogP) is 6.24. The van der Waals surface area contributed by atoms with Gasteiger partial charge >= 0.3 is 0 Å². The Balaban J connectivity index is 1.85. The van der Waals surface area contributed by atoms with Crippen LogP contribution >= 0.6 is 11.3 Å². The van der Waals surface area contributed by atoms with E-state index in [2.05, 4.69) is 86.2 Å². The first-order valence-electron chi connectivity index (χ1n) is 9.09. The number of hydrogen-bond donors (Lipinski definition) is 0. The molecule has 0 amide bonds. The van der Waals surface area contributed by atoms with E-state index in [9.17, 15) is 5.26 Å². The number of nitrogens with zero attached hydrogens (tertiary/aromatic N) is 2. The van der Waals surface area contributed by atoms with Gasteiger partial charge in [-0.25, -0.2) is 0 Å². The summed E-state index contributed by atoms with van der Waals surface area (Å²) in [7, 11) is 0.825. The molecule has 27 heavy (non-hydrogen) atoms. The smallest absolute Gasteiger partial charge is 0.101 e. The van der Waals surface area contributed by atoms with Crippen molar-refractivity contribution in [1.29, 1.82) is 5.26 Å². The molecule has 2 nitrogen and oxygen atoms in total. The van der Waals surface area contributed by atoms with Crippen molar-refractivity contribution >= 4 is 56.1 Å². The van der Waals surface area contributed by atoms with Crippen molar-refractivity contribution in [3.05, 3.63) is 66.2 Å². The van der Waals surface area contributed by atoms with Gasteiger partial charge in [0.1, 0.15) is 6.07 Å². The average Bonchev–Trinajstić information content (AvgIpc) is 3.05. The van der Waals surface area contributed by atoms with Crippen LogP contribution in [0.3, 0.4) is 0 Å². The first-order chi connectivity index (χ1) is 12.9. The predicted molar refractivity (Wildman–Crippen MR) is 122 cm³/mol. The summed E-state index contributed by atoms with van der Waals surface area (Å²) in [6.07, 6.45) is 0. The van der Waals surface area contributed by atoms with Crippen molar-refractivity contribution in [1.82, 2.24) is 0 Å². The third kappa shape index (κ3) is 3.03. The van der Waals surface area contributed by atoms with Crippen LogP contribution in [-0.2, 0) is 0 Å². The third-order valence-electron chi connectivity index (χ3n) is 5.11. The lowest BCUT2D eigenvalue weighted by Crippen LogP contribution is -2.37. The molecule has 0 N–H and O–H groups in total. The van der Waals surface area contributed by atoms with Gasteiger partial charge in [-0.3, -0.25) is 0 Å². The minimum atomic E-state index is -1.29. The fourth-order valence-electron chi connectivity index (χ4n) is 3.48. The number of thiophene rings is 1. The van der Waals surface area contributed by atoms with E-state index in [-0.39, 0.29) is 0 Å². The minimum absolute atomic E-state index is 0.752. The van der Waals surface area contributed by atoms with Crippen molar-refractivity contribution in [2.75, 3.05) is 11.9 Å². The summed E-state index contributed by atoms with van der Waals surface area (Å²) in [4.78, 5) is 2.25. The molecule has 1 heterocycles. The lowest BCUT2D eigenvalue weighted by Gasteiger charge is -2.22. The Morgan fingerprint density at radius 2 is 1.48 bits per heavy atom. The highest BCUT2D eigenvalue weighted by Gasteiger charge is 2.17. The quantitative estimate of drug-likeness (QED) is 0.390. The van der Waals surface area contributed by atoms with Crippen LogP contribution in [0.4, 0.5) is 11.4 Å². The first-order valence-corrected chi connectivity index (χ1v) is 13.4. The molecule has 1 aromatic heterocycles. The molecule has 0 saturated heterocycles. The van der Waals surface area contributed by atoms with Gasteiger partial charge in [-0.1, -0.05) is 61.2 Å². The second-order valence-electron chi connectivity index (χ2n) is 7.91. The average molecular weight is 387 g/mol. The Bertz CT molecular complexity index is 1180. The Morgan fingerprint density at radius 3 is 2.11 bits per heavy atom. The first kappa shape index (κ1) is 17.8. The molecular weight excluding hydrogens is 364 g/mol. The highest BCUT2D eigenvalue weighted by Crippen LogP contribution is 2.41. The van der Waals surface area contributed by atoms with E-state index in [1.165, 1.54) is 32.0 Å². The number of fused-ring (bicyclic) bond motifs is 3. The Hall–Kier alpha value is -2.61. The van der Waals surface area contributed by atoms with Gasteiger partial charge in [0.05, 0.1) is 28.7 Å². The number of hydrogen-bond acceptors (Lipinski definition) is 3. The van der Waals surface area contributed by atoms with Crippen LogP contribution in [0.25, 0.3) is 20.2 Å². The highest BCUT2D eigenvalue weighted by molar-refractivity contribution is 7.26. The molecule has 134 valence electrons. The standard InChI is InChI=1S/C23H22N2SSi/c1-25(17-11-13-18(14-12-17)27(2,3)4)21-10-6-9-20-19-8-5-7-16(15-24)22(19)26-23(20)21/h5-14H,1-4H3. The fourth-order valence-corrected chi connectivity index (χ4v) is 5.96. The summed E-state index contributed by atoms with van der Waals surface area (Å²) in [6, 6.07) is 23.7. The molecule has 0 aliphatic carbocycles. The molecule has 4 heteroatoms. The Kier molecular flexibility index (Phi) is 4.30. The van der Waals surface area contributed by atoms with E-state index in [0.717, 1.165) is 10.3 Å². The SMILES string of the molecule is CN(c1ccc([Si](C)(C)C)cc1)c1cccc2c1sc1c(C#N)cccc12. The molecule has 3 aromatic carbocycles. The summed E-state index contributed by atoms with van der Waals surface area (Å²) in [5.74, 6) is 0. The fraction of sp³-hybridized carbons (Fsp3) is 0.174. The second-order valence-corrected chi connectivity index (χ2v) is 14.0. The molecule has 0 spiro atoms. The topological polar surface area (TPSA) is 27.0 Å². The Labute approximate surface area is 165 Å². The number of benzene rings is 3. The lowest BCUT2D eigenvalue weighted by atomic mass is 10.1. The highest BCUT2D eigenvalue weighted by atomic mass is 32.1. The van der Waals surface area contributed by atoms with Gasteiger partial charge in [0, 0.05) is 23.5 Å². The molecule has 0 aliphatic rings. The van der Waals surface area contributed by atoms with Gasteiger partial charge in [0.2, 0.25) is 0 Å². The van der Waals surface area contributed by atoms with Crippen LogP contribution in [0.5, 0.6) is 0 Å². The van der Waals surface area contributed by atoms with Crippen LogP contribution < -0.4 is 10.1 Å². The van der Waals surface area contributed by atoms with Gasteiger partial charge in [0.15, 0.2) is 0 Å². The van der Waals surface area contributed by atoms with Crippen molar-refractivity contribution in [2.24, 2.45) is 0 Å². The number of rotatable bonds is 3.